The third-order valence-electron chi connectivity index (χ3n) is 6.12. The molecule has 4 rings (SSSR count). The summed E-state index contributed by atoms with van der Waals surface area (Å²) < 4.78 is 11.0. The summed E-state index contributed by atoms with van der Waals surface area (Å²) in [5.74, 6) is 3.95. The van der Waals surface area contributed by atoms with Gasteiger partial charge in [0, 0.05) is 31.1 Å². The summed E-state index contributed by atoms with van der Waals surface area (Å²) in [6.45, 7) is 5.29. The summed E-state index contributed by atoms with van der Waals surface area (Å²) in [4.78, 5) is 12.0. The molecule has 2 N–H and O–H groups in total. The average Bonchev–Trinajstić information content (AvgIpc) is 3.31. The fourth-order valence-corrected chi connectivity index (χ4v) is 4.40. The molecule has 0 aliphatic carbocycles. The highest BCUT2D eigenvalue weighted by Gasteiger charge is 2.19. The lowest BCUT2D eigenvalue weighted by Gasteiger charge is -2.22. The van der Waals surface area contributed by atoms with Gasteiger partial charge in [-0.15, -0.1) is 0 Å². The smallest absolute Gasteiger partial charge is 0.227 e. The Bertz CT molecular complexity index is 816. The van der Waals surface area contributed by atoms with Gasteiger partial charge in [-0.2, -0.15) is 4.98 Å². The number of hydrogen-bond donors (Lipinski definition) is 2. The number of nitrogens with one attached hydrogen (secondary N) is 2. The maximum Gasteiger partial charge on any atom is 0.227 e. The first kappa shape index (κ1) is 20.0. The molecular formula is C22H33N5O2. The van der Waals surface area contributed by atoms with Crippen molar-refractivity contribution >= 4 is 22.7 Å². The molecule has 0 amide bonds. The fraction of sp³-hybridized carbons (Fsp3) is 0.636. The Morgan fingerprint density at radius 2 is 1.79 bits per heavy atom. The number of fused-ring (bicyclic) bond motifs is 1. The summed E-state index contributed by atoms with van der Waals surface area (Å²) in [5, 5.41) is 8.01. The Balaban J connectivity index is 1.55. The molecule has 0 radical (unpaired) electrons. The van der Waals surface area contributed by atoms with Crippen LogP contribution in [0.15, 0.2) is 12.1 Å². The van der Waals surface area contributed by atoms with Crippen LogP contribution in [0.4, 0.5) is 11.8 Å². The Morgan fingerprint density at radius 3 is 2.52 bits per heavy atom. The molecule has 2 fully saturated rings. The number of piperidine rings is 1. The van der Waals surface area contributed by atoms with Crippen LogP contribution in [0.25, 0.3) is 10.9 Å². The minimum absolute atomic E-state index is 0.697. The zero-order chi connectivity index (χ0) is 20.1. The van der Waals surface area contributed by atoms with Gasteiger partial charge in [-0.25, -0.2) is 4.98 Å². The van der Waals surface area contributed by atoms with Gasteiger partial charge >= 0.3 is 0 Å². The summed E-state index contributed by atoms with van der Waals surface area (Å²) in [7, 11) is 3.32. The number of nitrogens with zero attached hydrogens (tertiary/aromatic N) is 3. The van der Waals surface area contributed by atoms with Crippen LogP contribution in [0.3, 0.4) is 0 Å². The second-order valence-electron chi connectivity index (χ2n) is 8.05. The number of aromatic nitrogens is 2. The van der Waals surface area contributed by atoms with Crippen LogP contribution in [0, 0.1) is 5.92 Å². The largest absolute Gasteiger partial charge is 0.493 e. The van der Waals surface area contributed by atoms with Crippen molar-refractivity contribution in [3.63, 3.8) is 0 Å². The number of methoxy groups -OCH3 is 2. The molecule has 0 unspecified atom stereocenters. The first-order valence-electron chi connectivity index (χ1n) is 10.9. The zero-order valence-electron chi connectivity index (χ0n) is 17.7. The van der Waals surface area contributed by atoms with E-state index in [9.17, 15) is 0 Å². The molecule has 2 aromatic rings. The van der Waals surface area contributed by atoms with Crippen LogP contribution in [0.1, 0.15) is 38.5 Å². The van der Waals surface area contributed by atoms with Gasteiger partial charge in [-0.05, 0) is 63.6 Å². The van der Waals surface area contributed by atoms with E-state index in [1.54, 1.807) is 14.2 Å². The summed E-state index contributed by atoms with van der Waals surface area (Å²) in [6.07, 6.45) is 7.42. The lowest BCUT2D eigenvalue weighted by Crippen LogP contribution is -2.27. The SMILES string of the molecule is COc1cc2nc(N3CCCC3)nc(NCCCC3CCNCC3)c2cc1OC. The van der Waals surface area contributed by atoms with E-state index in [4.69, 9.17) is 19.4 Å². The van der Waals surface area contributed by atoms with Crippen LogP contribution in [-0.2, 0) is 0 Å². The first-order valence-corrected chi connectivity index (χ1v) is 10.9. The molecule has 7 nitrogen and oxygen atoms in total. The molecule has 158 valence electrons. The number of anilines is 2. The molecule has 0 saturated carbocycles. The molecule has 7 heteroatoms. The van der Waals surface area contributed by atoms with Crippen molar-refractivity contribution in [1.82, 2.24) is 15.3 Å². The van der Waals surface area contributed by atoms with E-state index in [0.717, 1.165) is 67.7 Å². The highest BCUT2D eigenvalue weighted by molar-refractivity contribution is 5.92. The van der Waals surface area contributed by atoms with Crippen molar-refractivity contribution < 1.29 is 9.47 Å². The van der Waals surface area contributed by atoms with Gasteiger partial charge < -0.3 is 25.0 Å². The fourth-order valence-electron chi connectivity index (χ4n) is 4.40. The van der Waals surface area contributed by atoms with E-state index in [2.05, 4.69) is 15.5 Å². The lowest BCUT2D eigenvalue weighted by molar-refractivity contribution is 0.350. The van der Waals surface area contributed by atoms with Crippen molar-refractivity contribution in [3.05, 3.63) is 12.1 Å². The molecule has 0 bridgehead atoms. The zero-order valence-corrected chi connectivity index (χ0v) is 17.7. The van der Waals surface area contributed by atoms with Gasteiger partial charge in [0.25, 0.3) is 0 Å². The normalized spacial score (nSPS) is 17.7. The highest BCUT2D eigenvalue weighted by Crippen LogP contribution is 2.35. The van der Waals surface area contributed by atoms with Gasteiger partial charge in [0.1, 0.15) is 5.82 Å². The van der Waals surface area contributed by atoms with Gasteiger partial charge in [0.2, 0.25) is 5.95 Å². The Labute approximate surface area is 173 Å². The Morgan fingerprint density at radius 1 is 1.07 bits per heavy atom. The maximum absolute atomic E-state index is 5.51. The highest BCUT2D eigenvalue weighted by atomic mass is 16.5. The second-order valence-corrected chi connectivity index (χ2v) is 8.05. The van der Waals surface area contributed by atoms with E-state index >= 15 is 0 Å². The minimum Gasteiger partial charge on any atom is -0.493 e. The maximum atomic E-state index is 5.51. The van der Waals surface area contributed by atoms with Gasteiger partial charge in [-0.1, -0.05) is 0 Å². The minimum atomic E-state index is 0.697. The van der Waals surface area contributed by atoms with E-state index in [1.165, 1.54) is 32.1 Å². The van der Waals surface area contributed by atoms with Crippen LogP contribution in [0.5, 0.6) is 11.5 Å². The number of ether oxygens (including phenoxy) is 2. The van der Waals surface area contributed by atoms with Gasteiger partial charge in [0.15, 0.2) is 11.5 Å². The second kappa shape index (κ2) is 9.48. The predicted octanol–water partition coefficient (Wildman–Crippen LogP) is 3.44. The molecule has 1 aromatic heterocycles. The Kier molecular flexibility index (Phi) is 6.54. The Hall–Kier alpha value is -2.28. The number of rotatable bonds is 8. The van der Waals surface area contributed by atoms with Crippen molar-refractivity contribution in [2.45, 2.75) is 38.5 Å². The van der Waals surface area contributed by atoms with Crippen LogP contribution in [-0.4, -0.2) is 56.9 Å². The van der Waals surface area contributed by atoms with Crippen LogP contribution >= 0.6 is 0 Å². The quantitative estimate of drug-likeness (QED) is 0.659. The number of hydrogen-bond acceptors (Lipinski definition) is 7. The lowest BCUT2D eigenvalue weighted by atomic mass is 9.93. The molecule has 0 atom stereocenters. The summed E-state index contributed by atoms with van der Waals surface area (Å²) in [6, 6.07) is 3.94. The molecule has 0 spiro atoms. The molecular weight excluding hydrogens is 366 g/mol. The van der Waals surface area contributed by atoms with E-state index in [-0.39, 0.29) is 0 Å². The van der Waals surface area contributed by atoms with Gasteiger partial charge in [-0.3, -0.25) is 0 Å². The standard InChI is InChI=1S/C22H33N5O2/c1-28-19-14-17-18(15-20(19)29-2)25-22(27-12-3-4-13-27)26-21(17)24-9-5-6-16-7-10-23-11-8-16/h14-16,23H,3-13H2,1-2H3,(H,24,25,26). The molecule has 2 aliphatic heterocycles. The average molecular weight is 400 g/mol. The molecule has 1 aromatic carbocycles. The monoisotopic (exact) mass is 399 g/mol. The topological polar surface area (TPSA) is 71.5 Å². The first-order chi connectivity index (χ1) is 14.3. The predicted molar refractivity (Wildman–Crippen MR) is 117 cm³/mol. The van der Waals surface area contributed by atoms with Crippen molar-refractivity contribution in [1.29, 1.82) is 0 Å². The van der Waals surface area contributed by atoms with Crippen molar-refractivity contribution in [2.24, 2.45) is 5.92 Å². The molecule has 29 heavy (non-hydrogen) atoms. The van der Waals surface area contributed by atoms with Crippen LogP contribution in [0.2, 0.25) is 0 Å². The molecule has 2 saturated heterocycles. The number of benzene rings is 1. The third-order valence-corrected chi connectivity index (χ3v) is 6.12. The molecule has 2 aliphatic rings. The van der Waals surface area contributed by atoms with Crippen molar-refractivity contribution in [2.75, 3.05) is 57.2 Å². The van der Waals surface area contributed by atoms with E-state index in [1.807, 2.05) is 12.1 Å². The van der Waals surface area contributed by atoms with Crippen molar-refractivity contribution in [3.8, 4) is 11.5 Å². The summed E-state index contributed by atoms with van der Waals surface area (Å²) >= 11 is 0. The van der Waals surface area contributed by atoms with Gasteiger partial charge in [0.05, 0.1) is 19.7 Å². The third kappa shape index (κ3) is 4.66. The summed E-state index contributed by atoms with van der Waals surface area (Å²) in [5.41, 5.74) is 0.889. The van der Waals surface area contributed by atoms with E-state index < -0.39 is 0 Å². The van der Waals surface area contributed by atoms with Crippen LogP contribution < -0.4 is 25.0 Å². The van der Waals surface area contributed by atoms with E-state index in [0.29, 0.717) is 11.5 Å². The molecule has 3 heterocycles.